The van der Waals surface area contributed by atoms with Crippen LogP contribution in [0.2, 0.25) is 0 Å². The molecule has 0 fully saturated rings. The predicted octanol–water partition coefficient (Wildman–Crippen LogP) is 1.87. The first-order valence-corrected chi connectivity index (χ1v) is 4.59. The number of nitrogens with one attached hydrogen (secondary N) is 1. The Kier molecular flexibility index (Phi) is 2.86. The maximum Gasteiger partial charge on any atom is 0.258 e. The molecule has 1 amide bonds. The molecule has 2 aromatic rings. The Morgan fingerprint density at radius 2 is 2.06 bits per heavy atom. The Bertz CT molecular complexity index is 502. The molecule has 2 heterocycles. The lowest BCUT2D eigenvalue weighted by molar-refractivity contribution is 0.102. The molecule has 80 valence electrons. The molecule has 0 saturated carbocycles. The highest BCUT2D eigenvalue weighted by Gasteiger charge is 2.09. The van der Waals surface area contributed by atoms with E-state index in [2.05, 4.69) is 15.3 Å². The summed E-state index contributed by atoms with van der Waals surface area (Å²) in [4.78, 5) is 19.1. The minimum absolute atomic E-state index is 0.0867. The highest BCUT2D eigenvalue weighted by atomic mass is 19.1. The van der Waals surface area contributed by atoms with Crippen LogP contribution in [-0.4, -0.2) is 15.9 Å². The fraction of sp³-hybridized carbons (Fsp3) is 0. The van der Waals surface area contributed by atoms with Gasteiger partial charge in [0.1, 0.15) is 0 Å². The molecule has 16 heavy (non-hydrogen) atoms. The van der Waals surface area contributed by atoms with Crippen molar-refractivity contribution in [2.45, 2.75) is 0 Å². The molecule has 0 aliphatic carbocycles. The fourth-order valence-corrected chi connectivity index (χ4v) is 1.15. The number of halogens is 1. The summed E-state index contributed by atoms with van der Waals surface area (Å²) in [6, 6.07) is 5.90. The van der Waals surface area contributed by atoms with Crippen molar-refractivity contribution in [2.24, 2.45) is 0 Å². The SMILES string of the molecule is O=C(Nc1ncccc1F)c1cccnc1. The third kappa shape index (κ3) is 2.20. The molecule has 0 bridgehead atoms. The number of rotatable bonds is 2. The van der Waals surface area contributed by atoms with Crippen LogP contribution in [0, 0.1) is 5.82 Å². The second-order valence-electron chi connectivity index (χ2n) is 3.03. The molecule has 0 spiro atoms. The molecular weight excluding hydrogens is 209 g/mol. The summed E-state index contributed by atoms with van der Waals surface area (Å²) in [5, 5.41) is 2.36. The first-order valence-electron chi connectivity index (χ1n) is 4.59. The van der Waals surface area contributed by atoms with Crippen LogP contribution in [0.25, 0.3) is 0 Å². The van der Waals surface area contributed by atoms with E-state index in [1.807, 2.05) is 0 Å². The zero-order chi connectivity index (χ0) is 11.4. The van der Waals surface area contributed by atoms with Gasteiger partial charge in [-0.15, -0.1) is 0 Å². The Morgan fingerprint density at radius 1 is 1.25 bits per heavy atom. The largest absolute Gasteiger partial charge is 0.304 e. The van der Waals surface area contributed by atoms with Gasteiger partial charge >= 0.3 is 0 Å². The van der Waals surface area contributed by atoms with E-state index >= 15 is 0 Å². The summed E-state index contributed by atoms with van der Waals surface area (Å²) in [5.74, 6) is -1.10. The summed E-state index contributed by atoms with van der Waals surface area (Å²) in [6.45, 7) is 0. The maximum absolute atomic E-state index is 13.2. The van der Waals surface area contributed by atoms with Gasteiger partial charge in [0.15, 0.2) is 11.6 Å². The van der Waals surface area contributed by atoms with Crippen LogP contribution < -0.4 is 5.32 Å². The number of anilines is 1. The van der Waals surface area contributed by atoms with E-state index in [1.165, 1.54) is 24.5 Å². The Balaban J connectivity index is 2.18. The molecule has 2 aromatic heterocycles. The van der Waals surface area contributed by atoms with Gasteiger partial charge in [-0.05, 0) is 24.3 Å². The van der Waals surface area contributed by atoms with Crippen molar-refractivity contribution >= 4 is 11.7 Å². The van der Waals surface area contributed by atoms with Crippen LogP contribution in [0.3, 0.4) is 0 Å². The minimum atomic E-state index is -0.570. The van der Waals surface area contributed by atoms with E-state index in [0.29, 0.717) is 5.56 Å². The van der Waals surface area contributed by atoms with Crippen LogP contribution in [0.15, 0.2) is 42.9 Å². The molecule has 0 atom stereocenters. The van der Waals surface area contributed by atoms with Gasteiger partial charge in [-0.25, -0.2) is 9.37 Å². The predicted molar refractivity (Wildman–Crippen MR) is 56.4 cm³/mol. The second kappa shape index (κ2) is 4.48. The van der Waals surface area contributed by atoms with E-state index < -0.39 is 11.7 Å². The van der Waals surface area contributed by atoms with E-state index in [-0.39, 0.29) is 5.82 Å². The van der Waals surface area contributed by atoms with Gasteiger partial charge in [0.2, 0.25) is 0 Å². The van der Waals surface area contributed by atoms with Crippen LogP contribution in [-0.2, 0) is 0 Å². The lowest BCUT2D eigenvalue weighted by Crippen LogP contribution is -2.14. The van der Waals surface area contributed by atoms with Crippen molar-refractivity contribution in [1.82, 2.24) is 9.97 Å². The molecular formula is C11H8FN3O. The van der Waals surface area contributed by atoms with Gasteiger partial charge in [0, 0.05) is 18.6 Å². The third-order valence-electron chi connectivity index (χ3n) is 1.91. The van der Waals surface area contributed by atoms with Gasteiger partial charge in [-0.3, -0.25) is 9.78 Å². The molecule has 0 aliphatic heterocycles. The summed E-state index contributed by atoms with van der Waals surface area (Å²) >= 11 is 0. The van der Waals surface area contributed by atoms with Crippen LogP contribution in [0.4, 0.5) is 10.2 Å². The van der Waals surface area contributed by atoms with E-state index in [9.17, 15) is 9.18 Å². The molecule has 0 unspecified atom stereocenters. The summed E-state index contributed by atoms with van der Waals surface area (Å²) in [6.07, 6.45) is 4.36. The van der Waals surface area contributed by atoms with Crippen molar-refractivity contribution in [1.29, 1.82) is 0 Å². The molecule has 0 radical (unpaired) electrons. The zero-order valence-corrected chi connectivity index (χ0v) is 8.22. The number of amides is 1. The first kappa shape index (κ1) is 10.2. The van der Waals surface area contributed by atoms with Gasteiger partial charge in [0.05, 0.1) is 5.56 Å². The molecule has 0 aliphatic rings. The maximum atomic E-state index is 13.2. The van der Waals surface area contributed by atoms with Crippen LogP contribution in [0.1, 0.15) is 10.4 Å². The lowest BCUT2D eigenvalue weighted by Gasteiger charge is -2.04. The summed E-state index contributed by atoms with van der Waals surface area (Å²) < 4.78 is 13.2. The smallest absolute Gasteiger partial charge is 0.258 e. The van der Waals surface area contributed by atoms with Gasteiger partial charge in [-0.2, -0.15) is 0 Å². The van der Waals surface area contributed by atoms with Crippen LogP contribution in [0.5, 0.6) is 0 Å². The number of pyridine rings is 2. The number of hydrogen-bond acceptors (Lipinski definition) is 3. The van der Waals surface area contributed by atoms with Crippen molar-refractivity contribution in [3.63, 3.8) is 0 Å². The van der Waals surface area contributed by atoms with Crippen LogP contribution >= 0.6 is 0 Å². The third-order valence-corrected chi connectivity index (χ3v) is 1.91. The van der Waals surface area contributed by atoms with E-state index in [4.69, 9.17) is 0 Å². The van der Waals surface area contributed by atoms with Crippen molar-refractivity contribution < 1.29 is 9.18 Å². The number of hydrogen-bond donors (Lipinski definition) is 1. The van der Waals surface area contributed by atoms with Gasteiger partial charge in [0.25, 0.3) is 5.91 Å². The zero-order valence-electron chi connectivity index (χ0n) is 8.22. The summed E-state index contributed by atoms with van der Waals surface area (Å²) in [7, 11) is 0. The number of aromatic nitrogens is 2. The summed E-state index contributed by atoms with van der Waals surface area (Å²) in [5.41, 5.74) is 0.354. The molecule has 1 N–H and O–H groups in total. The van der Waals surface area contributed by atoms with Crippen molar-refractivity contribution in [3.05, 3.63) is 54.2 Å². The Morgan fingerprint density at radius 3 is 2.75 bits per heavy atom. The van der Waals surface area contributed by atoms with E-state index in [0.717, 1.165) is 0 Å². The molecule has 5 heteroatoms. The minimum Gasteiger partial charge on any atom is -0.304 e. The second-order valence-corrected chi connectivity index (χ2v) is 3.03. The fourth-order valence-electron chi connectivity index (χ4n) is 1.15. The average molecular weight is 217 g/mol. The molecule has 4 nitrogen and oxygen atoms in total. The number of nitrogens with zero attached hydrogens (tertiary/aromatic N) is 2. The van der Waals surface area contributed by atoms with Crippen molar-refractivity contribution in [2.75, 3.05) is 5.32 Å². The first-order chi connectivity index (χ1) is 7.77. The molecule has 0 aromatic carbocycles. The quantitative estimate of drug-likeness (QED) is 0.835. The van der Waals surface area contributed by atoms with Crippen molar-refractivity contribution in [3.8, 4) is 0 Å². The Labute approximate surface area is 91.2 Å². The average Bonchev–Trinajstić information content (AvgIpc) is 2.33. The topological polar surface area (TPSA) is 54.9 Å². The molecule has 2 rings (SSSR count). The highest BCUT2D eigenvalue weighted by molar-refractivity contribution is 6.03. The lowest BCUT2D eigenvalue weighted by atomic mass is 10.2. The monoisotopic (exact) mass is 217 g/mol. The Hall–Kier alpha value is -2.30. The standard InChI is InChI=1S/C11H8FN3O/c12-9-4-2-6-14-10(9)15-11(16)8-3-1-5-13-7-8/h1-7H,(H,14,15,16). The normalized spacial score (nSPS) is 9.81. The highest BCUT2D eigenvalue weighted by Crippen LogP contribution is 2.09. The van der Waals surface area contributed by atoms with Gasteiger partial charge in [-0.1, -0.05) is 0 Å². The van der Waals surface area contributed by atoms with Gasteiger partial charge < -0.3 is 5.32 Å². The van der Waals surface area contributed by atoms with E-state index in [1.54, 1.807) is 18.3 Å². The number of carbonyl (C=O) groups is 1. The number of carbonyl (C=O) groups excluding carboxylic acids is 1. The molecule has 0 saturated heterocycles.